The molecule has 1 amide bonds. The van der Waals surface area contributed by atoms with Crippen molar-refractivity contribution in [1.29, 1.82) is 0 Å². The van der Waals surface area contributed by atoms with E-state index in [-0.39, 0.29) is 11.9 Å². The maximum absolute atomic E-state index is 12.2. The molecule has 0 radical (unpaired) electrons. The van der Waals surface area contributed by atoms with Crippen LogP contribution in [0.3, 0.4) is 0 Å². The number of nitrogens with one attached hydrogen (secondary N) is 4. The highest BCUT2D eigenvalue weighted by Crippen LogP contribution is 2.39. The van der Waals surface area contributed by atoms with Crippen LogP contribution < -0.4 is 16.0 Å². The minimum Gasteiger partial charge on any atom is -0.348 e. The van der Waals surface area contributed by atoms with Crippen LogP contribution in [0.25, 0.3) is 0 Å². The van der Waals surface area contributed by atoms with E-state index in [2.05, 4.69) is 52.5 Å². The van der Waals surface area contributed by atoms with Gasteiger partial charge in [-0.2, -0.15) is 5.10 Å². The highest BCUT2D eigenvalue weighted by atomic mass is 16.2. The first-order chi connectivity index (χ1) is 15.6. The topological polar surface area (TPSA) is 138 Å². The van der Waals surface area contributed by atoms with E-state index in [0.717, 1.165) is 43.1 Å². The normalized spacial score (nSPS) is 20.8. The van der Waals surface area contributed by atoms with Gasteiger partial charge in [0.1, 0.15) is 11.6 Å². The molecule has 168 valence electrons. The van der Waals surface area contributed by atoms with Crippen molar-refractivity contribution in [1.82, 2.24) is 45.8 Å². The molecule has 11 nitrogen and oxygen atoms in total. The number of amides is 1. The number of hydrogen-bond donors (Lipinski definition) is 4. The van der Waals surface area contributed by atoms with Crippen molar-refractivity contribution >= 4 is 17.5 Å². The highest BCUT2D eigenvalue weighted by molar-refractivity contribution is 5.92. The molecule has 0 spiro atoms. The van der Waals surface area contributed by atoms with Crippen LogP contribution in [-0.4, -0.2) is 53.2 Å². The second-order valence-electron chi connectivity index (χ2n) is 8.65. The Kier molecular flexibility index (Phi) is 5.80. The number of hydrogen-bond acceptors (Lipinski definition) is 8. The number of carbonyl (C=O) groups is 1. The van der Waals surface area contributed by atoms with Gasteiger partial charge in [0, 0.05) is 43.0 Å². The minimum atomic E-state index is -0.159. The smallest absolute Gasteiger partial charge is 0.273 e. The van der Waals surface area contributed by atoms with Gasteiger partial charge in [-0.3, -0.25) is 14.6 Å². The quantitative estimate of drug-likeness (QED) is 0.419. The highest BCUT2D eigenvalue weighted by Gasteiger charge is 2.26. The number of H-pyrrole nitrogens is 1. The number of rotatable bonds is 8. The summed E-state index contributed by atoms with van der Waals surface area (Å²) >= 11 is 0. The van der Waals surface area contributed by atoms with Gasteiger partial charge in [-0.15, -0.1) is 5.10 Å². The van der Waals surface area contributed by atoms with E-state index in [4.69, 9.17) is 0 Å². The number of aryl methyl sites for hydroxylation is 1. The van der Waals surface area contributed by atoms with Crippen molar-refractivity contribution in [3.05, 3.63) is 41.7 Å². The third kappa shape index (κ3) is 5.10. The summed E-state index contributed by atoms with van der Waals surface area (Å²) in [7, 11) is 1.75. The Hall–Kier alpha value is -3.34. The van der Waals surface area contributed by atoms with Gasteiger partial charge in [0.2, 0.25) is 0 Å². The Bertz CT molecular complexity index is 1060. The molecule has 0 unspecified atom stereocenters. The molecule has 3 aromatic rings. The maximum atomic E-state index is 12.2. The van der Waals surface area contributed by atoms with Crippen molar-refractivity contribution in [2.75, 3.05) is 5.32 Å². The summed E-state index contributed by atoms with van der Waals surface area (Å²) in [5.41, 5.74) is 1.55. The summed E-state index contributed by atoms with van der Waals surface area (Å²) in [5, 5.41) is 25.0. The van der Waals surface area contributed by atoms with E-state index in [1.807, 2.05) is 6.07 Å². The maximum Gasteiger partial charge on any atom is 0.273 e. The molecule has 2 saturated carbocycles. The van der Waals surface area contributed by atoms with E-state index in [9.17, 15) is 4.79 Å². The van der Waals surface area contributed by atoms with Crippen LogP contribution in [0.15, 0.2) is 24.5 Å². The largest absolute Gasteiger partial charge is 0.348 e. The Labute approximate surface area is 185 Å². The molecule has 2 aliphatic rings. The predicted octanol–water partition coefficient (Wildman–Crippen LogP) is 1.78. The first-order valence-electron chi connectivity index (χ1n) is 11.2. The van der Waals surface area contributed by atoms with Gasteiger partial charge < -0.3 is 16.0 Å². The van der Waals surface area contributed by atoms with Gasteiger partial charge in [0.05, 0.1) is 12.7 Å². The van der Waals surface area contributed by atoms with Crippen LogP contribution in [0, 0.1) is 0 Å². The SMILES string of the molecule is Cn1cc(C(=O)NC2CCC(NCc3nccc(Nc4cc(C5CC5)[nH]n4)n3)CC2)nn1. The molecule has 2 aliphatic carbocycles. The molecule has 0 atom stereocenters. The lowest BCUT2D eigenvalue weighted by atomic mass is 9.91. The minimum absolute atomic E-state index is 0.159. The Morgan fingerprint density at radius 1 is 1.16 bits per heavy atom. The average molecular weight is 437 g/mol. The molecular weight excluding hydrogens is 408 g/mol. The lowest BCUT2D eigenvalue weighted by molar-refractivity contribution is 0.0919. The van der Waals surface area contributed by atoms with Crippen molar-refractivity contribution in [3.63, 3.8) is 0 Å². The average Bonchev–Trinajstić information content (AvgIpc) is 3.39. The molecule has 4 N–H and O–H groups in total. The summed E-state index contributed by atoms with van der Waals surface area (Å²) in [6, 6.07) is 4.45. The second-order valence-corrected chi connectivity index (χ2v) is 8.65. The third-order valence-corrected chi connectivity index (χ3v) is 6.02. The van der Waals surface area contributed by atoms with Gasteiger partial charge in [-0.1, -0.05) is 5.21 Å². The molecule has 11 heteroatoms. The zero-order valence-electron chi connectivity index (χ0n) is 18.1. The molecular formula is C21H28N10O. The Balaban J connectivity index is 1.07. The zero-order valence-corrected chi connectivity index (χ0v) is 18.1. The van der Waals surface area contributed by atoms with E-state index < -0.39 is 0 Å². The van der Waals surface area contributed by atoms with Crippen LogP contribution in [0.5, 0.6) is 0 Å². The van der Waals surface area contributed by atoms with Crippen molar-refractivity contribution in [3.8, 4) is 0 Å². The molecule has 0 bridgehead atoms. The molecule has 5 rings (SSSR count). The van der Waals surface area contributed by atoms with Gasteiger partial charge in [-0.25, -0.2) is 9.97 Å². The number of nitrogens with zero attached hydrogens (tertiary/aromatic N) is 6. The number of carbonyl (C=O) groups excluding carboxylic acids is 1. The molecule has 32 heavy (non-hydrogen) atoms. The molecule has 0 saturated heterocycles. The summed E-state index contributed by atoms with van der Waals surface area (Å²) in [5.74, 6) is 2.74. The van der Waals surface area contributed by atoms with E-state index in [1.54, 1.807) is 19.4 Å². The summed E-state index contributed by atoms with van der Waals surface area (Å²) in [6.07, 6.45) is 9.69. The molecule has 0 aromatic carbocycles. The fraction of sp³-hybridized carbons (Fsp3) is 0.524. The summed E-state index contributed by atoms with van der Waals surface area (Å²) in [6.45, 7) is 0.602. The lowest BCUT2D eigenvalue weighted by Crippen LogP contribution is -2.42. The fourth-order valence-electron chi connectivity index (χ4n) is 4.08. The van der Waals surface area contributed by atoms with E-state index >= 15 is 0 Å². The first kappa shape index (κ1) is 20.6. The van der Waals surface area contributed by atoms with Gasteiger partial charge in [0.15, 0.2) is 11.5 Å². The third-order valence-electron chi connectivity index (χ3n) is 6.02. The predicted molar refractivity (Wildman–Crippen MR) is 117 cm³/mol. The van der Waals surface area contributed by atoms with Gasteiger partial charge in [0.25, 0.3) is 5.91 Å². The van der Waals surface area contributed by atoms with E-state index in [0.29, 0.717) is 24.2 Å². The van der Waals surface area contributed by atoms with Crippen molar-refractivity contribution in [2.24, 2.45) is 7.05 Å². The van der Waals surface area contributed by atoms with Crippen LogP contribution in [0.1, 0.15) is 66.4 Å². The lowest BCUT2D eigenvalue weighted by Gasteiger charge is -2.29. The van der Waals surface area contributed by atoms with Crippen LogP contribution in [0.2, 0.25) is 0 Å². The monoisotopic (exact) mass is 436 g/mol. The first-order valence-corrected chi connectivity index (χ1v) is 11.2. The second kappa shape index (κ2) is 9.03. The van der Waals surface area contributed by atoms with Crippen LogP contribution in [-0.2, 0) is 13.6 Å². The van der Waals surface area contributed by atoms with Gasteiger partial charge in [-0.05, 0) is 44.6 Å². The molecule has 3 aromatic heterocycles. The standard InChI is InChI=1S/C21H28N10O/c1-31-12-17(28-30-31)21(32)24-15-6-4-14(5-7-15)23-11-20-22-9-8-18(26-20)25-19-10-16(27-29-19)13-2-3-13/h8-10,12-15,23H,2-7,11H2,1H3,(H,24,32)(H2,22,25,26,27,29). The Morgan fingerprint density at radius 3 is 2.72 bits per heavy atom. The van der Waals surface area contributed by atoms with E-state index in [1.165, 1.54) is 23.2 Å². The summed E-state index contributed by atoms with van der Waals surface area (Å²) < 4.78 is 1.53. The fourth-order valence-corrected chi connectivity index (χ4v) is 4.08. The number of anilines is 2. The number of aromatic amines is 1. The zero-order chi connectivity index (χ0) is 21.9. The molecule has 3 heterocycles. The van der Waals surface area contributed by atoms with Crippen LogP contribution >= 0.6 is 0 Å². The van der Waals surface area contributed by atoms with Crippen molar-refractivity contribution in [2.45, 2.75) is 63.1 Å². The summed E-state index contributed by atoms with van der Waals surface area (Å²) in [4.78, 5) is 21.2. The Morgan fingerprint density at radius 2 is 1.97 bits per heavy atom. The van der Waals surface area contributed by atoms with Crippen LogP contribution in [0.4, 0.5) is 11.6 Å². The van der Waals surface area contributed by atoms with Gasteiger partial charge >= 0.3 is 0 Å². The molecule has 0 aliphatic heterocycles. The molecule has 2 fully saturated rings. The van der Waals surface area contributed by atoms with Crippen molar-refractivity contribution < 1.29 is 4.79 Å². The number of aromatic nitrogens is 7.